The van der Waals surface area contributed by atoms with Crippen molar-refractivity contribution in [1.29, 1.82) is 0 Å². The van der Waals surface area contributed by atoms with Gasteiger partial charge < -0.3 is 9.64 Å². The first kappa shape index (κ1) is 19.7. The van der Waals surface area contributed by atoms with E-state index >= 15 is 0 Å². The molecule has 2 fully saturated rings. The van der Waals surface area contributed by atoms with Crippen LogP contribution in [-0.4, -0.2) is 49.0 Å². The quantitative estimate of drug-likeness (QED) is 0.633. The summed E-state index contributed by atoms with van der Waals surface area (Å²) in [6.07, 6.45) is 6.93. The first-order chi connectivity index (χ1) is 15.0. The standard InChI is InChI=1S/C24H27N5O2/c1-15(2)23-17-12-20(21(13-17)31-22-9-8-16(3)14-25-22)28(23)24(30)18-6-4-5-7-19(18)29-26-10-11-27-29/h4-11,14-15,17,20-21,23H,12-13H2,1-3H3. The van der Waals surface area contributed by atoms with Gasteiger partial charge in [-0.2, -0.15) is 15.0 Å². The number of aromatic nitrogens is 4. The smallest absolute Gasteiger partial charge is 0.256 e. The Kier molecular flexibility index (Phi) is 4.96. The van der Waals surface area contributed by atoms with Crippen LogP contribution >= 0.6 is 0 Å². The highest BCUT2D eigenvalue weighted by atomic mass is 16.5. The summed E-state index contributed by atoms with van der Waals surface area (Å²) in [4.78, 5) is 21.9. The molecular formula is C24H27N5O2. The average molecular weight is 418 g/mol. The summed E-state index contributed by atoms with van der Waals surface area (Å²) in [7, 11) is 0. The second kappa shape index (κ2) is 7.80. The zero-order chi connectivity index (χ0) is 21.5. The molecule has 5 rings (SSSR count). The number of para-hydroxylation sites is 1. The Balaban J connectivity index is 1.47. The monoisotopic (exact) mass is 417 g/mol. The Labute approximate surface area is 182 Å². The zero-order valence-corrected chi connectivity index (χ0v) is 18.0. The highest BCUT2D eigenvalue weighted by Gasteiger charge is 2.55. The van der Waals surface area contributed by atoms with E-state index in [-0.39, 0.29) is 24.1 Å². The third-order valence-electron chi connectivity index (χ3n) is 6.51. The lowest BCUT2D eigenvalue weighted by Crippen LogP contribution is -2.54. The topological polar surface area (TPSA) is 73.1 Å². The van der Waals surface area contributed by atoms with Crippen molar-refractivity contribution >= 4 is 5.91 Å². The van der Waals surface area contributed by atoms with E-state index in [9.17, 15) is 4.79 Å². The van der Waals surface area contributed by atoms with E-state index in [0.29, 0.717) is 29.0 Å². The van der Waals surface area contributed by atoms with Crippen LogP contribution in [0.15, 0.2) is 55.0 Å². The molecule has 1 aliphatic carbocycles. The number of piperidine rings is 1. The van der Waals surface area contributed by atoms with Crippen LogP contribution in [0, 0.1) is 18.8 Å². The van der Waals surface area contributed by atoms with Crippen molar-refractivity contribution in [2.75, 3.05) is 0 Å². The van der Waals surface area contributed by atoms with Crippen LogP contribution in [-0.2, 0) is 0 Å². The normalized spacial score (nSPS) is 24.7. The van der Waals surface area contributed by atoms with Crippen molar-refractivity contribution in [3.05, 3.63) is 66.1 Å². The van der Waals surface area contributed by atoms with Gasteiger partial charge >= 0.3 is 0 Å². The second-order valence-electron chi connectivity index (χ2n) is 8.91. The van der Waals surface area contributed by atoms with Crippen LogP contribution in [0.3, 0.4) is 0 Å². The number of hydrogen-bond acceptors (Lipinski definition) is 5. The van der Waals surface area contributed by atoms with Crippen molar-refractivity contribution in [3.8, 4) is 11.6 Å². The van der Waals surface area contributed by atoms with E-state index in [4.69, 9.17) is 4.74 Å². The number of carbonyl (C=O) groups is 1. The maximum Gasteiger partial charge on any atom is 0.256 e. The summed E-state index contributed by atoms with van der Waals surface area (Å²) in [5.74, 6) is 1.44. The van der Waals surface area contributed by atoms with Crippen molar-refractivity contribution in [3.63, 3.8) is 0 Å². The van der Waals surface area contributed by atoms with Crippen LogP contribution in [0.5, 0.6) is 5.88 Å². The minimum Gasteiger partial charge on any atom is -0.472 e. The van der Waals surface area contributed by atoms with Gasteiger partial charge in [-0.05, 0) is 49.3 Å². The minimum absolute atomic E-state index is 0.0178. The molecule has 7 nitrogen and oxygen atoms in total. The molecule has 1 saturated carbocycles. The number of benzene rings is 1. The van der Waals surface area contributed by atoms with E-state index < -0.39 is 0 Å². The van der Waals surface area contributed by atoms with Crippen LogP contribution in [0.2, 0.25) is 0 Å². The van der Waals surface area contributed by atoms with E-state index in [1.54, 1.807) is 12.4 Å². The van der Waals surface area contributed by atoms with E-state index in [1.165, 1.54) is 4.80 Å². The molecule has 4 atom stereocenters. The van der Waals surface area contributed by atoms with Gasteiger partial charge in [0, 0.05) is 18.3 Å². The van der Waals surface area contributed by atoms with Gasteiger partial charge in [0.15, 0.2) is 0 Å². The SMILES string of the molecule is Cc1ccc(OC2CC3CC2N(C(=O)c2ccccc2-n2nccn2)C3C(C)C)nc1. The second-order valence-corrected chi connectivity index (χ2v) is 8.91. The van der Waals surface area contributed by atoms with Gasteiger partial charge in [-0.3, -0.25) is 4.79 Å². The maximum atomic E-state index is 13.9. The summed E-state index contributed by atoms with van der Waals surface area (Å²) in [6, 6.07) is 11.7. The number of likely N-dealkylation sites (tertiary alicyclic amines) is 1. The molecule has 4 unspecified atom stereocenters. The number of carbonyl (C=O) groups excluding carboxylic acids is 1. The average Bonchev–Trinajstić information content (AvgIpc) is 3.51. The van der Waals surface area contributed by atoms with Crippen LogP contribution < -0.4 is 4.74 Å². The van der Waals surface area contributed by atoms with Crippen LogP contribution in [0.25, 0.3) is 5.69 Å². The molecule has 160 valence electrons. The third kappa shape index (κ3) is 3.48. The van der Waals surface area contributed by atoms with Crippen molar-refractivity contribution < 1.29 is 9.53 Å². The van der Waals surface area contributed by atoms with Gasteiger partial charge in [0.1, 0.15) is 6.10 Å². The van der Waals surface area contributed by atoms with Gasteiger partial charge in [-0.15, -0.1) is 0 Å². The number of aryl methyl sites for hydroxylation is 1. The van der Waals surface area contributed by atoms with Crippen molar-refractivity contribution in [2.45, 2.75) is 51.8 Å². The number of nitrogens with zero attached hydrogens (tertiary/aromatic N) is 5. The molecule has 1 aliphatic heterocycles. The van der Waals surface area contributed by atoms with E-state index in [1.807, 2.05) is 49.5 Å². The van der Waals surface area contributed by atoms with Gasteiger partial charge in [0.05, 0.1) is 29.7 Å². The highest BCUT2D eigenvalue weighted by Crippen LogP contribution is 2.47. The number of pyridine rings is 1. The lowest BCUT2D eigenvalue weighted by molar-refractivity contribution is 0.0182. The molecule has 7 heteroatoms. The molecule has 0 N–H and O–H groups in total. The summed E-state index contributed by atoms with van der Waals surface area (Å²) >= 11 is 0. The molecule has 2 aliphatic rings. The Hall–Kier alpha value is -3.22. The van der Waals surface area contributed by atoms with Gasteiger partial charge in [-0.25, -0.2) is 4.98 Å². The lowest BCUT2D eigenvalue weighted by Gasteiger charge is -2.41. The molecule has 3 heterocycles. The van der Waals surface area contributed by atoms with Gasteiger partial charge in [0.25, 0.3) is 5.91 Å². The van der Waals surface area contributed by atoms with Gasteiger partial charge in [-0.1, -0.05) is 32.0 Å². The third-order valence-corrected chi connectivity index (χ3v) is 6.51. The summed E-state index contributed by atoms with van der Waals surface area (Å²) in [6.45, 7) is 6.40. The van der Waals surface area contributed by atoms with Crippen LogP contribution in [0.1, 0.15) is 42.6 Å². The Morgan fingerprint density at radius 1 is 1.10 bits per heavy atom. The summed E-state index contributed by atoms with van der Waals surface area (Å²) in [5.41, 5.74) is 2.41. The number of ether oxygens (including phenoxy) is 1. The number of rotatable bonds is 5. The predicted molar refractivity (Wildman–Crippen MR) is 116 cm³/mol. The predicted octanol–water partition coefficient (Wildman–Crippen LogP) is 3.68. The highest BCUT2D eigenvalue weighted by molar-refractivity contribution is 5.98. The summed E-state index contributed by atoms with van der Waals surface area (Å²) < 4.78 is 6.28. The number of hydrogen-bond donors (Lipinski definition) is 0. The largest absolute Gasteiger partial charge is 0.472 e. The molecule has 1 aromatic carbocycles. The van der Waals surface area contributed by atoms with E-state index in [0.717, 1.165) is 18.4 Å². The van der Waals surface area contributed by atoms with E-state index in [2.05, 4.69) is 33.9 Å². The molecule has 0 radical (unpaired) electrons. The molecular weight excluding hydrogens is 390 g/mol. The summed E-state index contributed by atoms with van der Waals surface area (Å²) in [5, 5.41) is 8.48. The van der Waals surface area contributed by atoms with Gasteiger partial charge in [0.2, 0.25) is 5.88 Å². The fraction of sp³-hybridized carbons (Fsp3) is 0.417. The fourth-order valence-corrected chi connectivity index (χ4v) is 5.30. The first-order valence-electron chi connectivity index (χ1n) is 10.9. The molecule has 2 aromatic heterocycles. The van der Waals surface area contributed by atoms with Crippen LogP contribution in [0.4, 0.5) is 0 Å². The maximum absolute atomic E-state index is 13.9. The zero-order valence-electron chi connectivity index (χ0n) is 18.0. The number of fused-ring (bicyclic) bond motifs is 2. The Morgan fingerprint density at radius 3 is 2.58 bits per heavy atom. The molecule has 3 aromatic rings. The lowest BCUT2D eigenvalue weighted by atomic mass is 9.88. The molecule has 0 spiro atoms. The minimum atomic E-state index is -0.0471. The number of amides is 1. The fourth-order valence-electron chi connectivity index (χ4n) is 5.30. The first-order valence-corrected chi connectivity index (χ1v) is 10.9. The Bertz CT molecular complexity index is 1060. The Morgan fingerprint density at radius 2 is 1.87 bits per heavy atom. The molecule has 1 amide bonds. The molecule has 2 bridgehead atoms. The molecule has 31 heavy (non-hydrogen) atoms. The van der Waals surface area contributed by atoms with Crippen molar-refractivity contribution in [1.82, 2.24) is 24.9 Å². The molecule has 1 saturated heterocycles. The van der Waals surface area contributed by atoms with Crippen molar-refractivity contribution in [2.24, 2.45) is 11.8 Å².